The van der Waals surface area contributed by atoms with Gasteiger partial charge in [-0.05, 0) is 48.0 Å². The molecular weight excluding hydrogens is 448 g/mol. The standard InChI is InChI=1S/C23H20N2O7S/c26-21(25-23(28)18-5-2-1-3-6-18)16-32-22(27)13-10-17-8-11-20(12-9-17)33(29,30)24-15-19-7-4-14-31-19/h1-14,24H,15-16H2,(H,25,26,28)/b13-10+. The molecule has 170 valence electrons. The Morgan fingerprint density at radius 1 is 0.939 bits per heavy atom. The van der Waals surface area contributed by atoms with Gasteiger partial charge in [0.25, 0.3) is 11.8 Å². The van der Waals surface area contributed by atoms with Crippen LogP contribution in [0.2, 0.25) is 0 Å². The van der Waals surface area contributed by atoms with Crippen molar-refractivity contribution in [2.45, 2.75) is 11.4 Å². The lowest BCUT2D eigenvalue weighted by molar-refractivity contribution is -0.143. The van der Waals surface area contributed by atoms with Gasteiger partial charge in [0.05, 0.1) is 17.7 Å². The summed E-state index contributed by atoms with van der Waals surface area (Å²) in [6.45, 7) is -0.604. The van der Waals surface area contributed by atoms with E-state index in [4.69, 9.17) is 9.15 Å². The first-order valence-corrected chi connectivity index (χ1v) is 11.2. The number of imide groups is 1. The first kappa shape index (κ1) is 23.6. The Labute approximate surface area is 190 Å². The summed E-state index contributed by atoms with van der Waals surface area (Å²) in [6, 6.07) is 17.2. The number of hydrogen-bond donors (Lipinski definition) is 2. The molecule has 2 N–H and O–H groups in total. The average Bonchev–Trinajstić information content (AvgIpc) is 3.35. The lowest BCUT2D eigenvalue weighted by atomic mass is 10.2. The Morgan fingerprint density at radius 2 is 1.67 bits per heavy atom. The molecule has 9 nitrogen and oxygen atoms in total. The third-order valence-electron chi connectivity index (χ3n) is 4.25. The molecule has 0 saturated carbocycles. The van der Waals surface area contributed by atoms with Crippen LogP contribution in [-0.2, 0) is 30.9 Å². The molecule has 0 radical (unpaired) electrons. The van der Waals surface area contributed by atoms with Crippen molar-refractivity contribution in [3.05, 3.63) is 96.0 Å². The quantitative estimate of drug-likeness (QED) is 0.364. The van der Waals surface area contributed by atoms with E-state index in [1.54, 1.807) is 42.5 Å². The number of amides is 2. The molecular formula is C23H20N2O7S. The molecule has 1 heterocycles. The summed E-state index contributed by atoms with van der Waals surface area (Å²) in [6.07, 6.45) is 3.94. The second kappa shape index (κ2) is 11.0. The predicted octanol–water partition coefficient (Wildman–Crippen LogP) is 2.27. The van der Waals surface area contributed by atoms with Crippen LogP contribution in [0.5, 0.6) is 0 Å². The molecule has 0 aliphatic rings. The fourth-order valence-corrected chi connectivity index (χ4v) is 3.59. The number of hydrogen-bond acceptors (Lipinski definition) is 7. The van der Waals surface area contributed by atoms with E-state index in [2.05, 4.69) is 10.0 Å². The Hall–Kier alpha value is -4.02. The third-order valence-corrected chi connectivity index (χ3v) is 5.67. The van der Waals surface area contributed by atoms with E-state index in [9.17, 15) is 22.8 Å². The van der Waals surface area contributed by atoms with Gasteiger partial charge in [-0.2, -0.15) is 0 Å². The summed E-state index contributed by atoms with van der Waals surface area (Å²) in [5, 5.41) is 2.12. The molecule has 0 bridgehead atoms. The minimum absolute atomic E-state index is 0.0212. The van der Waals surface area contributed by atoms with Crippen molar-refractivity contribution in [1.82, 2.24) is 10.0 Å². The van der Waals surface area contributed by atoms with Crippen molar-refractivity contribution < 1.29 is 32.0 Å². The maximum absolute atomic E-state index is 12.3. The van der Waals surface area contributed by atoms with Gasteiger partial charge in [-0.1, -0.05) is 30.3 Å². The number of carbonyl (C=O) groups excluding carboxylic acids is 3. The Morgan fingerprint density at radius 3 is 2.33 bits per heavy atom. The summed E-state index contributed by atoms with van der Waals surface area (Å²) in [7, 11) is -3.73. The highest BCUT2D eigenvalue weighted by atomic mass is 32.2. The maximum Gasteiger partial charge on any atom is 0.331 e. The zero-order valence-corrected chi connectivity index (χ0v) is 18.1. The summed E-state index contributed by atoms with van der Waals surface area (Å²) in [5.74, 6) is -1.67. The van der Waals surface area contributed by atoms with Crippen molar-refractivity contribution in [2.24, 2.45) is 0 Å². The minimum atomic E-state index is -3.73. The fraction of sp³-hybridized carbons (Fsp3) is 0.0870. The third kappa shape index (κ3) is 7.27. The van der Waals surface area contributed by atoms with Crippen molar-refractivity contribution in [1.29, 1.82) is 0 Å². The largest absolute Gasteiger partial charge is 0.468 e. The molecule has 2 aromatic carbocycles. The van der Waals surface area contributed by atoms with Crippen LogP contribution in [0.4, 0.5) is 0 Å². The normalized spacial score (nSPS) is 11.3. The SMILES string of the molecule is O=C(COC(=O)/C=C/c1ccc(S(=O)(=O)NCc2ccco2)cc1)NC(=O)c1ccccc1. The van der Waals surface area contributed by atoms with Crippen LogP contribution in [0, 0.1) is 0 Å². The zero-order valence-electron chi connectivity index (χ0n) is 17.3. The lowest BCUT2D eigenvalue weighted by Crippen LogP contribution is -2.33. The number of ether oxygens (including phenoxy) is 1. The summed E-state index contributed by atoms with van der Waals surface area (Å²) in [4.78, 5) is 35.5. The van der Waals surface area contributed by atoms with E-state index in [0.717, 1.165) is 6.08 Å². The number of sulfonamides is 1. The van der Waals surface area contributed by atoms with Gasteiger partial charge < -0.3 is 9.15 Å². The zero-order chi connectivity index (χ0) is 23.7. The highest BCUT2D eigenvalue weighted by molar-refractivity contribution is 7.89. The van der Waals surface area contributed by atoms with Crippen LogP contribution in [-0.4, -0.2) is 32.8 Å². The van der Waals surface area contributed by atoms with Crippen molar-refractivity contribution in [2.75, 3.05) is 6.61 Å². The average molecular weight is 468 g/mol. The van der Waals surface area contributed by atoms with E-state index in [1.807, 2.05) is 0 Å². The summed E-state index contributed by atoms with van der Waals surface area (Å²) >= 11 is 0. The van der Waals surface area contributed by atoms with Crippen LogP contribution in [0.15, 0.2) is 88.4 Å². The number of furan rings is 1. The minimum Gasteiger partial charge on any atom is -0.468 e. The fourth-order valence-electron chi connectivity index (χ4n) is 2.59. The highest BCUT2D eigenvalue weighted by Gasteiger charge is 2.14. The Balaban J connectivity index is 1.46. The van der Waals surface area contributed by atoms with Crippen LogP contribution in [0.3, 0.4) is 0 Å². The molecule has 33 heavy (non-hydrogen) atoms. The molecule has 0 aliphatic carbocycles. The molecule has 3 rings (SSSR count). The van der Waals surface area contributed by atoms with Gasteiger partial charge >= 0.3 is 5.97 Å². The smallest absolute Gasteiger partial charge is 0.331 e. The lowest BCUT2D eigenvalue weighted by Gasteiger charge is -2.06. The van der Waals surface area contributed by atoms with Crippen LogP contribution in [0.1, 0.15) is 21.7 Å². The van der Waals surface area contributed by atoms with E-state index >= 15 is 0 Å². The number of nitrogens with one attached hydrogen (secondary N) is 2. The van der Waals surface area contributed by atoms with E-state index in [1.165, 1.54) is 36.6 Å². The van der Waals surface area contributed by atoms with Crippen LogP contribution >= 0.6 is 0 Å². The van der Waals surface area contributed by atoms with Gasteiger partial charge in [0, 0.05) is 11.6 Å². The molecule has 0 fully saturated rings. The molecule has 0 spiro atoms. The van der Waals surface area contributed by atoms with Gasteiger partial charge in [-0.3, -0.25) is 14.9 Å². The van der Waals surface area contributed by atoms with E-state index in [-0.39, 0.29) is 11.4 Å². The first-order chi connectivity index (χ1) is 15.8. The van der Waals surface area contributed by atoms with Gasteiger partial charge in [0.15, 0.2) is 6.61 Å². The molecule has 3 aromatic rings. The second-order valence-electron chi connectivity index (χ2n) is 6.66. The molecule has 0 unspecified atom stereocenters. The van der Waals surface area contributed by atoms with E-state index in [0.29, 0.717) is 16.9 Å². The molecule has 0 atom stereocenters. The van der Waals surface area contributed by atoms with E-state index < -0.39 is 34.4 Å². The van der Waals surface area contributed by atoms with Gasteiger partial charge in [-0.25, -0.2) is 17.9 Å². The summed E-state index contributed by atoms with van der Waals surface area (Å²) in [5.41, 5.74) is 0.847. The number of esters is 1. The second-order valence-corrected chi connectivity index (χ2v) is 8.42. The van der Waals surface area contributed by atoms with Crippen molar-refractivity contribution in [3.63, 3.8) is 0 Å². The van der Waals surface area contributed by atoms with Gasteiger partial charge in [0.2, 0.25) is 10.0 Å². The van der Waals surface area contributed by atoms with Crippen molar-refractivity contribution >= 4 is 33.9 Å². The highest BCUT2D eigenvalue weighted by Crippen LogP contribution is 2.12. The van der Waals surface area contributed by atoms with Gasteiger partial charge in [0.1, 0.15) is 5.76 Å². The van der Waals surface area contributed by atoms with Crippen LogP contribution < -0.4 is 10.0 Å². The molecule has 1 aromatic heterocycles. The molecule has 10 heteroatoms. The first-order valence-electron chi connectivity index (χ1n) is 9.70. The molecule has 0 aliphatic heterocycles. The maximum atomic E-state index is 12.3. The Kier molecular flexibility index (Phi) is 7.90. The van der Waals surface area contributed by atoms with Crippen LogP contribution in [0.25, 0.3) is 6.08 Å². The molecule has 0 saturated heterocycles. The predicted molar refractivity (Wildman–Crippen MR) is 118 cm³/mol. The number of carbonyl (C=O) groups is 3. The molecule has 2 amide bonds. The number of rotatable bonds is 9. The number of benzene rings is 2. The Bertz CT molecular complexity index is 1230. The topological polar surface area (TPSA) is 132 Å². The summed E-state index contributed by atoms with van der Waals surface area (Å²) < 4.78 is 36.9. The monoisotopic (exact) mass is 468 g/mol. The van der Waals surface area contributed by atoms with Gasteiger partial charge in [-0.15, -0.1) is 0 Å². The van der Waals surface area contributed by atoms with Crippen molar-refractivity contribution in [3.8, 4) is 0 Å².